The maximum absolute atomic E-state index is 13.6. The highest BCUT2D eigenvalue weighted by molar-refractivity contribution is 6.00. The number of pyridine rings is 1. The maximum atomic E-state index is 13.6. The molecule has 0 saturated heterocycles. The zero-order valence-electron chi connectivity index (χ0n) is 24.8. The van der Waals surface area contributed by atoms with Crippen molar-refractivity contribution in [3.63, 3.8) is 0 Å². The molecule has 6 rings (SSSR count). The van der Waals surface area contributed by atoms with Gasteiger partial charge in [0.25, 0.3) is 5.56 Å². The van der Waals surface area contributed by atoms with Gasteiger partial charge in [0.2, 0.25) is 0 Å². The molecule has 0 N–H and O–H groups in total. The Morgan fingerprint density at radius 1 is 0.595 bits per heavy atom. The molecular weight excluding hydrogens is 452 g/mol. The van der Waals surface area contributed by atoms with Crippen LogP contribution in [0.25, 0.3) is 27.3 Å². The van der Waals surface area contributed by atoms with Gasteiger partial charge in [-0.05, 0) is 78.3 Å². The molecule has 0 amide bonds. The molecule has 0 aliphatic heterocycles. The van der Waals surface area contributed by atoms with E-state index in [1.165, 1.54) is 27.6 Å². The maximum Gasteiger partial charge on any atom is 0.281 e. The van der Waals surface area contributed by atoms with Gasteiger partial charge in [0.05, 0.1) is 10.9 Å². The molecule has 0 spiro atoms. The fourth-order valence-electron chi connectivity index (χ4n) is 7.87. The van der Waals surface area contributed by atoms with Crippen LogP contribution < -0.4 is 5.56 Å². The zero-order chi connectivity index (χ0) is 27.3. The van der Waals surface area contributed by atoms with Crippen LogP contribution in [0.4, 0.5) is 0 Å². The molecule has 0 unspecified atom stereocenters. The molecule has 0 saturated carbocycles. The molecule has 2 aliphatic rings. The number of rotatable bonds is 0. The molecule has 2 aromatic heterocycles. The van der Waals surface area contributed by atoms with Crippen molar-refractivity contribution in [2.75, 3.05) is 0 Å². The molecule has 0 radical (unpaired) electrons. The van der Waals surface area contributed by atoms with Crippen molar-refractivity contribution in [2.45, 2.75) is 105 Å². The van der Waals surface area contributed by atoms with Crippen LogP contribution in [-0.4, -0.2) is 9.38 Å². The lowest BCUT2D eigenvalue weighted by Crippen LogP contribution is -2.42. The first-order valence-electron chi connectivity index (χ1n) is 13.8. The van der Waals surface area contributed by atoms with E-state index in [1.54, 1.807) is 0 Å². The molecule has 2 aliphatic carbocycles. The Bertz CT molecular complexity index is 1740. The predicted molar refractivity (Wildman–Crippen MR) is 156 cm³/mol. The molecule has 37 heavy (non-hydrogen) atoms. The van der Waals surface area contributed by atoms with Crippen LogP contribution in [-0.2, 0) is 21.7 Å². The topological polar surface area (TPSA) is 34.4 Å². The minimum Gasteiger partial charge on any atom is -0.300 e. The van der Waals surface area contributed by atoms with Crippen LogP contribution in [0.3, 0.4) is 0 Å². The van der Waals surface area contributed by atoms with Gasteiger partial charge in [0, 0.05) is 11.6 Å². The largest absolute Gasteiger partial charge is 0.300 e. The molecule has 194 valence electrons. The summed E-state index contributed by atoms with van der Waals surface area (Å²) in [5.74, 6) is 0. The summed E-state index contributed by atoms with van der Waals surface area (Å²) in [4.78, 5) is 18.3. The lowest BCUT2D eigenvalue weighted by Gasteiger charge is -2.44. The van der Waals surface area contributed by atoms with E-state index < -0.39 is 0 Å². The van der Waals surface area contributed by atoms with E-state index in [0.717, 1.165) is 16.6 Å². The molecule has 4 aromatic rings. The van der Waals surface area contributed by atoms with Gasteiger partial charge in [0.1, 0.15) is 5.65 Å². The standard InChI is InChI=1S/C34H42N2O/c1-29(2)22-14-13-20-19(26(22)32(7,8)34(29,11)12)15-16-36-25-18-24-23(17-21(25)28(37)35-27(20)36)30(3,4)33(9,10)31(24,5)6/h13-18H,1-12H3. The van der Waals surface area contributed by atoms with Gasteiger partial charge in [-0.15, -0.1) is 0 Å². The zero-order valence-corrected chi connectivity index (χ0v) is 24.8. The van der Waals surface area contributed by atoms with Crippen molar-refractivity contribution >= 4 is 27.3 Å². The van der Waals surface area contributed by atoms with E-state index in [0.29, 0.717) is 5.39 Å². The van der Waals surface area contributed by atoms with Gasteiger partial charge in [-0.25, -0.2) is 0 Å². The fraction of sp³-hybridized carbons (Fsp3) is 0.529. The average Bonchev–Trinajstić information content (AvgIpc) is 2.98. The van der Waals surface area contributed by atoms with Crippen LogP contribution in [0.15, 0.2) is 41.3 Å². The Kier molecular flexibility index (Phi) is 4.31. The number of nitrogens with zero attached hydrogens (tertiary/aromatic N) is 2. The first kappa shape index (κ1) is 24.6. The van der Waals surface area contributed by atoms with Crippen molar-refractivity contribution in [2.24, 2.45) is 10.8 Å². The summed E-state index contributed by atoms with van der Waals surface area (Å²) in [5.41, 5.74) is 7.04. The normalized spacial score (nSPS) is 23.5. The number of hydrogen-bond acceptors (Lipinski definition) is 2. The van der Waals surface area contributed by atoms with E-state index in [1.807, 2.05) is 0 Å². The molecular formula is C34H42N2O. The second-order valence-electron chi connectivity index (χ2n) is 15.0. The van der Waals surface area contributed by atoms with Crippen LogP contribution in [0.5, 0.6) is 0 Å². The van der Waals surface area contributed by atoms with Crippen molar-refractivity contribution in [3.8, 4) is 0 Å². The minimum atomic E-state index is -0.135. The van der Waals surface area contributed by atoms with Crippen molar-refractivity contribution in [1.82, 2.24) is 9.38 Å². The highest BCUT2D eigenvalue weighted by Crippen LogP contribution is 2.63. The van der Waals surface area contributed by atoms with E-state index in [2.05, 4.69) is 124 Å². The monoisotopic (exact) mass is 494 g/mol. The third kappa shape index (κ3) is 2.46. The Morgan fingerprint density at radius 3 is 1.76 bits per heavy atom. The van der Waals surface area contributed by atoms with E-state index in [4.69, 9.17) is 4.98 Å². The molecule has 3 heteroatoms. The number of aromatic nitrogens is 2. The summed E-state index contributed by atoms with van der Waals surface area (Å²) in [5, 5.41) is 2.99. The Balaban J connectivity index is 1.74. The second kappa shape index (κ2) is 6.47. The molecule has 0 atom stereocenters. The summed E-state index contributed by atoms with van der Waals surface area (Å²) in [6.07, 6.45) is 2.14. The summed E-state index contributed by atoms with van der Waals surface area (Å²) < 4.78 is 2.15. The average molecular weight is 495 g/mol. The van der Waals surface area contributed by atoms with E-state index in [-0.39, 0.29) is 38.0 Å². The molecule has 2 heterocycles. The number of fused-ring (bicyclic) bond motifs is 8. The van der Waals surface area contributed by atoms with Gasteiger partial charge in [-0.3, -0.25) is 4.79 Å². The Morgan fingerprint density at radius 2 is 1.14 bits per heavy atom. The van der Waals surface area contributed by atoms with Crippen LogP contribution >= 0.6 is 0 Å². The first-order chi connectivity index (χ1) is 16.8. The van der Waals surface area contributed by atoms with Crippen molar-refractivity contribution in [3.05, 3.63) is 69.1 Å². The summed E-state index contributed by atoms with van der Waals surface area (Å²) in [7, 11) is 0. The third-order valence-electron chi connectivity index (χ3n) is 12.8. The number of benzene rings is 2. The van der Waals surface area contributed by atoms with Gasteiger partial charge >= 0.3 is 0 Å². The van der Waals surface area contributed by atoms with Gasteiger partial charge < -0.3 is 4.40 Å². The second-order valence-corrected chi connectivity index (χ2v) is 15.0. The van der Waals surface area contributed by atoms with Crippen molar-refractivity contribution in [1.29, 1.82) is 0 Å². The summed E-state index contributed by atoms with van der Waals surface area (Å²) in [6.45, 7) is 28.3. The molecule has 0 bridgehead atoms. The fourth-order valence-corrected chi connectivity index (χ4v) is 7.87. The van der Waals surface area contributed by atoms with E-state index in [9.17, 15) is 4.79 Å². The quantitative estimate of drug-likeness (QED) is 0.231. The van der Waals surface area contributed by atoms with Crippen LogP contribution in [0, 0.1) is 10.8 Å². The highest BCUT2D eigenvalue weighted by atomic mass is 16.1. The SMILES string of the molecule is CC1(C)c2cc3c(=O)nc4c5ccc6c(c5ccn4c3cc2C(C)(C)C1(C)C)C(C)(C)C(C)(C)C6(C)C. The van der Waals surface area contributed by atoms with Crippen molar-refractivity contribution < 1.29 is 0 Å². The third-order valence-corrected chi connectivity index (χ3v) is 12.8. The number of hydrogen-bond donors (Lipinski definition) is 0. The summed E-state index contributed by atoms with van der Waals surface area (Å²) >= 11 is 0. The van der Waals surface area contributed by atoms with Gasteiger partial charge in [-0.1, -0.05) is 95.2 Å². The minimum absolute atomic E-state index is 0.0250. The highest BCUT2D eigenvalue weighted by Gasteiger charge is 2.58. The van der Waals surface area contributed by atoms with Crippen LogP contribution in [0.1, 0.15) is 105 Å². The predicted octanol–water partition coefficient (Wildman–Crippen LogP) is 8.19. The molecule has 2 aromatic carbocycles. The lowest BCUT2D eigenvalue weighted by atomic mass is 9.59. The Hall–Kier alpha value is -2.68. The van der Waals surface area contributed by atoms with Crippen LogP contribution in [0.2, 0.25) is 0 Å². The first-order valence-corrected chi connectivity index (χ1v) is 13.8. The van der Waals surface area contributed by atoms with Gasteiger partial charge in [0.15, 0.2) is 0 Å². The van der Waals surface area contributed by atoms with Gasteiger partial charge in [-0.2, -0.15) is 4.98 Å². The lowest BCUT2D eigenvalue weighted by molar-refractivity contribution is 0.125. The Labute approximate surface area is 221 Å². The van der Waals surface area contributed by atoms with E-state index >= 15 is 0 Å². The molecule has 3 nitrogen and oxygen atoms in total. The smallest absolute Gasteiger partial charge is 0.281 e. The molecule has 0 fully saturated rings. The summed E-state index contributed by atoms with van der Waals surface area (Å²) in [6, 6.07) is 11.2.